The van der Waals surface area contributed by atoms with Crippen LogP contribution in [0.25, 0.3) is 16.9 Å². The van der Waals surface area contributed by atoms with Gasteiger partial charge in [0.05, 0.1) is 11.6 Å². The Morgan fingerprint density at radius 2 is 1.86 bits per heavy atom. The fraction of sp³-hybridized carbons (Fsp3) is 0.200. The van der Waals surface area contributed by atoms with Gasteiger partial charge in [0.1, 0.15) is 12.2 Å². The van der Waals surface area contributed by atoms with Crippen molar-refractivity contribution in [3.63, 3.8) is 0 Å². The van der Waals surface area contributed by atoms with Gasteiger partial charge in [-0.3, -0.25) is 4.57 Å². The zero-order valence-corrected chi connectivity index (χ0v) is 15.3. The maximum atomic E-state index is 12.9. The van der Waals surface area contributed by atoms with E-state index in [0.29, 0.717) is 34.1 Å². The van der Waals surface area contributed by atoms with E-state index in [1.54, 1.807) is 42.1 Å². The SMILES string of the molecule is Cc1nc(Nc2ccc(C#N)cc2)c2ncn(C3=CC=C(C(F)(F)F)CC3)c2n1. The fourth-order valence-corrected chi connectivity index (χ4v) is 3.13. The lowest BCUT2D eigenvalue weighted by Gasteiger charge is -2.17. The molecular weight excluding hydrogens is 381 g/mol. The van der Waals surface area contributed by atoms with E-state index in [2.05, 4.69) is 26.3 Å². The number of imidazole rings is 1. The lowest BCUT2D eigenvalue weighted by atomic mass is 10.0. The minimum Gasteiger partial charge on any atom is -0.338 e. The number of nitrogens with zero attached hydrogens (tertiary/aromatic N) is 5. The molecule has 2 heterocycles. The number of alkyl halides is 3. The Kier molecular flexibility index (Phi) is 4.54. The fourth-order valence-electron chi connectivity index (χ4n) is 3.13. The maximum Gasteiger partial charge on any atom is 0.412 e. The van der Waals surface area contributed by atoms with Crippen LogP contribution in [-0.4, -0.2) is 25.7 Å². The number of nitriles is 1. The predicted molar refractivity (Wildman–Crippen MR) is 102 cm³/mol. The number of hydrogen-bond acceptors (Lipinski definition) is 5. The molecular formula is C20H15F3N6. The molecule has 1 aliphatic carbocycles. The highest BCUT2D eigenvalue weighted by molar-refractivity contribution is 5.87. The molecule has 0 radical (unpaired) electrons. The Labute approximate surface area is 164 Å². The van der Waals surface area contributed by atoms with Crippen LogP contribution in [0.3, 0.4) is 0 Å². The van der Waals surface area contributed by atoms with E-state index in [4.69, 9.17) is 5.26 Å². The largest absolute Gasteiger partial charge is 0.412 e. The first-order chi connectivity index (χ1) is 13.8. The van der Waals surface area contributed by atoms with Crippen molar-refractivity contribution in [2.24, 2.45) is 0 Å². The molecule has 0 spiro atoms. The summed E-state index contributed by atoms with van der Waals surface area (Å²) in [5.41, 5.74) is 2.43. The number of hydrogen-bond donors (Lipinski definition) is 1. The van der Waals surface area contributed by atoms with Crippen LogP contribution in [0.4, 0.5) is 24.7 Å². The molecule has 2 aromatic heterocycles. The average molecular weight is 396 g/mol. The van der Waals surface area contributed by atoms with Gasteiger partial charge in [-0.15, -0.1) is 0 Å². The summed E-state index contributed by atoms with van der Waals surface area (Å²) in [6.45, 7) is 1.73. The van der Waals surface area contributed by atoms with Crippen LogP contribution in [0.15, 0.2) is 48.3 Å². The van der Waals surface area contributed by atoms with Crippen LogP contribution in [0.1, 0.15) is 24.2 Å². The van der Waals surface area contributed by atoms with Gasteiger partial charge in [-0.05, 0) is 50.1 Å². The first kappa shape index (κ1) is 18.7. The summed E-state index contributed by atoms with van der Waals surface area (Å²) in [5.74, 6) is 0.984. The van der Waals surface area contributed by atoms with Crippen molar-refractivity contribution in [2.75, 3.05) is 5.32 Å². The van der Waals surface area contributed by atoms with Gasteiger partial charge in [0.25, 0.3) is 0 Å². The summed E-state index contributed by atoms with van der Waals surface area (Å²) in [6, 6.07) is 8.94. The minimum atomic E-state index is -4.31. The lowest BCUT2D eigenvalue weighted by molar-refractivity contribution is -0.0939. The molecule has 1 aliphatic rings. The quantitative estimate of drug-likeness (QED) is 0.683. The molecule has 6 nitrogen and oxygen atoms in total. The monoisotopic (exact) mass is 396 g/mol. The van der Waals surface area contributed by atoms with Crippen molar-refractivity contribution in [3.8, 4) is 6.07 Å². The van der Waals surface area contributed by atoms with Crippen LogP contribution in [0.5, 0.6) is 0 Å². The minimum absolute atomic E-state index is 0.0879. The molecule has 0 aliphatic heterocycles. The second kappa shape index (κ2) is 7.05. The Balaban J connectivity index is 1.71. The van der Waals surface area contributed by atoms with Crippen molar-refractivity contribution >= 4 is 28.4 Å². The van der Waals surface area contributed by atoms with Crippen LogP contribution in [0, 0.1) is 18.3 Å². The van der Waals surface area contributed by atoms with E-state index in [-0.39, 0.29) is 12.8 Å². The molecule has 0 atom stereocenters. The number of nitrogens with one attached hydrogen (secondary N) is 1. The molecule has 0 amide bonds. The second-order valence-electron chi connectivity index (χ2n) is 6.57. The van der Waals surface area contributed by atoms with Gasteiger partial charge in [0.15, 0.2) is 17.0 Å². The number of rotatable bonds is 3. The number of anilines is 2. The number of allylic oxidation sites excluding steroid dienone is 4. The summed E-state index contributed by atoms with van der Waals surface area (Å²) >= 11 is 0. The highest BCUT2D eigenvalue weighted by Gasteiger charge is 2.34. The lowest BCUT2D eigenvalue weighted by Crippen LogP contribution is -2.14. The molecule has 3 aromatic rings. The van der Waals surface area contributed by atoms with Crippen LogP contribution in [0.2, 0.25) is 0 Å². The van der Waals surface area contributed by atoms with E-state index in [1.807, 2.05) is 0 Å². The summed E-state index contributed by atoms with van der Waals surface area (Å²) < 4.78 is 40.3. The second-order valence-corrected chi connectivity index (χ2v) is 6.57. The molecule has 0 saturated carbocycles. The van der Waals surface area contributed by atoms with Crippen LogP contribution >= 0.6 is 0 Å². The third kappa shape index (κ3) is 3.69. The Morgan fingerprint density at radius 1 is 1.10 bits per heavy atom. The van der Waals surface area contributed by atoms with Crippen molar-refractivity contribution in [1.82, 2.24) is 19.5 Å². The summed E-state index contributed by atoms with van der Waals surface area (Å²) in [6.07, 6.45) is -0.0577. The van der Waals surface area contributed by atoms with E-state index >= 15 is 0 Å². The van der Waals surface area contributed by atoms with Gasteiger partial charge in [0.2, 0.25) is 0 Å². The number of benzene rings is 1. The van der Waals surface area contributed by atoms with Crippen molar-refractivity contribution in [3.05, 3.63) is 59.7 Å². The summed E-state index contributed by atoms with van der Waals surface area (Å²) in [7, 11) is 0. The van der Waals surface area contributed by atoms with Gasteiger partial charge in [-0.25, -0.2) is 15.0 Å². The van der Waals surface area contributed by atoms with Crippen LogP contribution in [-0.2, 0) is 0 Å². The van der Waals surface area contributed by atoms with Crippen LogP contribution < -0.4 is 5.32 Å². The predicted octanol–water partition coefficient (Wildman–Crippen LogP) is 4.87. The van der Waals surface area contributed by atoms with Gasteiger partial charge in [-0.1, -0.05) is 6.08 Å². The molecule has 0 unspecified atom stereocenters. The zero-order valence-electron chi connectivity index (χ0n) is 15.3. The van der Waals surface area contributed by atoms with Gasteiger partial charge >= 0.3 is 6.18 Å². The first-order valence-electron chi connectivity index (χ1n) is 8.81. The highest BCUT2D eigenvalue weighted by atomic mass is 19.4. The van der Waals surface area contributed by atoms with Gasteiger partial charge in [-0.2, -0.15) is 18.4 Å². The molecule has 1 N–H and O–H groups in total. The van der Waals surface area contributed by atoms with Crippen molar-refractivity contribution < 1.29 is 13.2 Å². The standard InChI is InChI=1S/C20H15F3N6/c1-12-26-18(28-15-6-2-13(10-24)3-7-15)17-19(27-12)29(11-25-17)16-8-4-14(5-9-16)20(21,22)23/h2-4,6-8,11H,5,9H2,1H3,(H,26,27,28). The zero-order chi connectivity index (χ0) is 20.6. The van der Waals surface area contributed by atoms with Gasteiger partial charge in [0, 0.05) is 17.0 Å². The molecule has 0 bridgehead atoms. The highest BCUT2D eigenvalue weighted by Crippen LogP contribution is 2.35. The molecule has 1 aromatic carbocycles. The third-order valence-electron chi connectivity index (χ3n) is 4.59. The van der Waals surface area contributed by atoms with E-state index in [0.717, 1.165) is 11.8 Å². The molecule has 0 saturated heterocycles. The number of fused-ring (bicyclic) bond motifs is 1. The molecule has 4 rings (SSSR count). The summed E-state index contributed by atoms with van der Waals surface area (Å²) in [4.78, 5) is 13.2. The third-order valence-corrected chi connectivity index (χ3v) is 4.59. The molecule has 146 valence electrons. The summed E-state index contributed by atoms with van der Waals surface area (Å²) in [5, 5.41) is 12.1. The molecule has 0 fully saturated rings. The average Bonchev–Trinajstić information content (AvgIpc) is 3.12. The number of aryl methyl sites for hydroxylation is 1. The topological polar surface area (TPSA) is 79.4 Å². The number of aromatic nitrogens is 4. The Hall–Kier alpha value is -3.67. The van der Waals surface area contributed by atoms with Crippen molar-refractivity contribution in [1.29, 1.82) is 5.26 Å². The van der Waals surface area contributed by atoms with E-state index in [1.165, 1.54) is 6.08 Å². The van der Waals surface area contributed by atoms with Gasteiger partial charge < -0.3 is 5.32 Å². The normalized spacial score (nSPS) is 14.3. The first-order valence-corrected chi connectivity index (χ1v) is 8.81. The Bertz CT molecular complexity index is 1180. The van der Waals surface area contributed by atoms with Crippen molar-refractivity contribution in [2.45, 2.75) is 25.9 Å². The maximum absolute atomic E-state index is 12.9. The number of halogens is 3. The Morgan fingerprint density at radius 3 is 2.48 bits per heavy atom. The molecule has 29 heavy (non-hydrogen) atoms. The smallest absolute Gasteiger partial charge is 0.338 e. The van der Waals surface area contributed by atoms with E-state index < -0.39 is 11.7 Å². The molecule has 9 heteroatoms. The van der Waals surface area contributed by atoms with E-state index in [9.17, 15) is 13.2 Å².